The molecule has 1 saturated carbocycles. The summed E-state index contributed by atoms with van der Waals surface area (Å²) in [4.78, 5) is 5.15. The Kier molecular flexibility index (Phi) is 4.68. The van der Waals surface area contributed by atoms with E-state index in [-0.39, 0.29) is 0 Å². The number of hydrogen-bond acceptors (Lipinski definition) is 3. The number of nitrogens with zero attached hydrogens (tertiary/aromatic N) is 2. The number of likely N-dealkylation sites (N-methyl/N-ethyl adjacent to an activating group) is 1. The van der Waals surface area contributed by atoms with Crippen LogP contribution in [-0.4, -0.2) is 55.1 Å². The lowest BCUT2D eigenvalue weighted by Gasteiger charge is -2.49. The Hall–Kier alpha value is -0.120. The van der Waals surface area contributed by atoms with Crippen molar-refractivity contribution >= 4 is 0 Å². The van der Waals surface area contributed by atoms with E-state index in [0.717, 1.165) is 18.5 Å². The normalized spacial score (nSPS) is 29.5. The van der Waals surface area contributed by atoms with Gasteiger partial charge in [-0.25, -0.2) is 0 Å². The van der Waals surface area contributed by atoms with Crippen molar-refractivity contribution in [1.82, 2.24) is 9.80 Å². The second-order valence-corrected chi connectivity index (χ2v) is 6.54. The average molecular weight is 253 g/mol. The molecule has 0 bridgehead atoms. The number of nitrogens with two attached hydrogens (primary N) is 1. The van der Waals surface area contributed by atoms with Crippen LogP contribution in [0.2, 0.25) is 0 Å². The van der Waals surface area contributed by atoms with Crippen molar-refractivity contribution in [1.29, 1.82) is 0 Å². The maximum atomic E-state index is 6.23. The van der Waals surface area contributed by atoms with Crippen LogP contribution in [0.15, 0.2) is 0 Å². The van der Waals surface area contributed by atoms with Crippen LogP contribution in [0.25, 0.3) is 0 Å². The molecule has 18 heavy (non-hydrogen) atoms. The summed E-state index contributed by atoms with van der Waals surface area (Å²) in [6, 6.07) is 0.722. The Balaban J connectivity index is 2.09. The maximum absolute atomic E-state index is 6.23. The van der Waals surface area contributed by atoms with Crippen LogP contribution < -0.4 is 5.73 Å². The fourth-order valence-electron chi connectivity index (χ4n) is 3.85. The van der Waals surface area contributed by atoms with Gasteiger partial charge >= 0.3 is 0 Å². The first kappa shape index (κ1) is 14.3. The highest BCUT2D eigenvalue weighted by molar-refractivity contribution is 5.04. The summed E-state index contributed by atoms with van der Waals surface area (Å²) >= 11 is 0. The number of likely N-dealkylation sites (tertiary alicyclic amines) is 1. The van der Waals surface area contributed by atoms with Crippen molar-refractivity contribution in [2.45, 2.75) is 57.0 Å². The highest BCUT2D eigenvalue weighted by Gasteiger charge is 2.48. The van der Waals surface area contributed by atoms with E-state index in [1.54, 1.807) is 0 Å². The molecule has 2 atom stereocenters. The summed E-state index contributed by atoms with van der Waals surface area (Å²) in [5.74, 6) is 0.878. The minimum atomic E-state index is 0.323. The molecule has 3 nitrogen and oxygen atoms in total. The smallest absolute Gasteiger partial charge is 0.0360 e. The highest BCUT2D eigenvalue weighted by atomic mass is 15.3. The Bertz CT molecular complexity index is 262. The van der Waals surface area contributed by atoms with E-state index in [1.165, 1.54) is 51.6 Å². The topological polar surface area (TPSA) is 32.5 Å². The number of piperidine rings is 1. The lowest BCUT2D eigenvalue weighted by Crippen LogP contribution is -2.60. The van der Waals surface area contributed by atoms with Crippen molar-refractivity contribution in [3.8, 4) is 0 Å². The fraction of sp³-hybridized carbons (Fsp3) is 1.00. The van der Waals surface area contributed by atoms with Gasteiger partial charge in [0, 0.05) is 24.7 Å². The van der Waals surface area contributed by atoms with Crippen molar-refractivity contribution < 1.29 is 0 Å². The summed E-state index contributed by atoms with van der Waals surface area (Å²) in [6.45, 7) is 5.64. The van der Waals surface area contributed by atoms with Crippen LogP contribution in [0.3, 0.4) is 0 Å². The maximum Gasteiger partial charge on any atom is 0.0360 e. The average Bonchev–Trinajstić information content (AvgIpc) is 3.21. The zero-order chi connectivity index (χ0) is 13.2. The van der Waals surface area contributed by atoms with Crippen molar-refractivity contribution in [2.24, 2.45) is 11.7 Å². The minimum absolute atomic E-state index is 0.323. The van der Waals surface area contributed by atoms with Crippen molar-refractivity contribution in [2.75, 3.05) is 33.7 Å². The molecule has 2 rings (SSSR count). The van der Waals surface area contributed by atoms with E-state index in [4.69, 9.17) is 5.73 Å². The van der Waals surface area contributed by atoms with Gasteiger partial charge in [-0.05, 0) is 58.7 Å². The minimum Gasteiger partial charge on any atom is -0.329 e. The van der Waals surface area contributed by atoms with Gasteiger partial charge in [0.1, 0.15) is 0 Å². The molecule has 1 aliphatic carbocycles. The molecule has 0 aromatic heterocycles. The summed E-state index contributed by atoms with van der Waals surface area (Å²) in [5, 5.41) is 0. The van der Waals surface area contributed by atoms with Gasteiger partial charge in [0.15, 0.2) is 0 Å². The first-order chi connectivity index (χ1) is 8.64. The van der Waals surface area contributed by atoms with Gasteiger partial charge in [0.2, 0.25) is 0 Å². The summed E-state index contributed by atoms with van der Waals surface area (Å²) in [5.41, 5.74) is 6.55. The Morgan fingerprint density at radius 2 is 2.00 bits per heavy atom. The molecule has 0 aromatic carbocycles. The SMILES string of the molecule is CCCC(CN)(C1CC1)N1CCCC(N(C)C)C1. The molecule has 1 saturated heterocycles. The second-order valence-electron chi connectivity index (χ2n) is 6.54. The van der Waals surface area contributed by atoms with E-state index in [2.05, 4.69) is 30.8 Å². The Morgan fingerprint density at radius 1 is 1.28 bits per heavy atom. The van der Waals surface area contributed by atoms with Crippen molar-refractivity contribution in [3.63, 3.8) is 0 Å². The monoisotopic (exact) mass is 253 g/mol. The lowest BCUT2D eigenvalue weighted by molar-refractivity contribution is 0.0145. The zero-order valence-electron chi connectivity index (χ0n) is 12.5. The third kappa shape index (κ3) is 2.73. The molecule has 106 valence electrons. The summed E-state index contributed by atoms with van der Waals surface area (Å²) in [7, 11) is 4.43. The first-order valence-electron chi connectivity index (χ1n) is 7.75. The van der Waals surface area contributed by atoms with Crippen LogP contribution in [0, 0.1) is 5.92 Å². The van der Waals surface area contributed by atoms with Gasteiger partial charge in [-0.3, -0.25) is 4.90 Å². The number of hydrogen-bond donors (Lipinski definition) is 1. The van der Waals surface area contributed by atoms with Gasteiger partial charge in [-0.15, -0.1) is 0 Å². The van der Waals surface area contributed by atoms with Gasteiger partial charge < -0.3 is 10.6 Å². The molecule has 1 aliphatic heterocycles. The van der Waals surface area contributed by atoms with Crippen molar-refractivity contribution in [3.05, 3.63) is 0 Å². The molecule has 3 heteroatoms. The molecule has 2 N–H and O–H groups in total. The van der Waals surface area contributed by atoms with Gasteiger partial charge in [0.25, 0.3) is 0 Å². The van der Waals surface area contributed by atoms with E-state index >= 15 is 0 Å². The lowest BCUT2D eigenvalue weighted by atomic mass is 9.84. The van der Waals surface area contributed by atoms with Crippen LogP contribution in [-0.2, 0) is 0 Å². The van der Waals surface area contributed by atoms with Crippen LogP contribution in [0.1, 0.15) is 45.4 Å². The van der Waals surface area contributed by atoms with Crippen LogP contribution >= 0.6 is 0 Å². The molecule has 0 amide bonds. The second kappa shape index (κ2) is 5.89. The fourth-order valence-corrected chi connectivity index (χ4v) is 3.85. The van der Waals surface area contributed by atoms with Crippen LogP contribution in [0.5, 0.6) is 0 Å². The molecule has 0 aromatic rings. The predicted molar refractivity (Wildman–Crippen MR) is 77.7 cm³/mol. The molecule has 0 radical (unpaired) electrons. The van der Waals surface area contributed by atoms with E-state index in [9.17, 15) is 0 Å². The van der Waals surface area contributed by atoms with Gasteiger partial charge in [0.05, 0.1) is 0 Å². The molecular weight excluding hydrogens is 222 g/mol. The predicted octanol–water partition coefficient (Wildman–Crippen LogP) is 1.92. The van der Waals surface area contributed by atoms with E-state index in [0.29, 0.717) is 5.54 Å². The molecule has 0 spiro atoms. The third-order valence-electron chi connectivity index (χ3n) is 5.13. The molecule has 2 unspecified atom stereocenters. The first-order valence-corrected chi connectivity index (χ1v) is 7.75. The van der Waals surface area contributed by atoms with E-state index in [1.807, 2.05) is 0 Å². The largest absolute Gasteiger partial charge is 0.329 e. The standard InChI is InChI=1S/C15H31N3/c1-4-9-15(12-16,13-7-8-13)18-10-5-6-14(11-18)17(2)3/h13-14H,4-12,16H2,1-3H3. The summed E-state index contributed by atoms with van der Waals surface area (Å²) in [6.07, 6.45) is 8.04. The number of rotatable bonds is 6. The quantitative estimate of drug-likeness (QED) is 0.785. The van der Waals surface area contributed by atoms with Gasteiger partial charge in [-0.2, -0.15) is 0 Å². The molecular formula is C15H31N3. The molecule has 2 fully saturated rings. The highest BCUT2D eigenvalue weighted by Crippen LogP contribution is 2.46. The Morgan fingerprint density at radius 3 is 2.50 bits per heavy atom. The summed E-state index contributed by atoms with van der Waals surface area (Å²) < 4.78 is 0. The van der Waals surface area contributed by atoms with Crippen LogP contribution in [0.4, 0.5) is 0 Å². The zero-order valence-corrected chi connectivity index (χ0v) is 12.5. The van der Waals surface area contributed by atoms with Gasteiger partial charge in [-0.1, -0.05) is 13.3 Å². The molecule has 2 aliphatic rings. The van der Waals surface area contributed by atoms with E-state index < -0.39 is 0 Å². The third-order valence-corrected chi connectivity index (χ3v) is 5.13. The molecule has 1 heterocycles. The Labute approximate surface area is 113 Å².